The number of piperidine rings is 1. The van der Waals surface area contributed by atoms with Crippen molar-refractivity contribution in [1.29, 1.82) is 0 Å². The molecule has 1 aromatic rings. The molecule has 1 aromatic carbocycles. The monoisotopic (exact) mass is 451 g/mol. The van der Waals surface area contributed by atoms with Gasteiger partial charge in [-0.25, -0.2) is 4.79 Å². The Labute approximate surface area is 187 Å². The first-order valence-corrected chi connectivity index (χ1v) is 10.8. The molecule has 0 aliphatic carbocycles. The number of benzene rings is 1. The Morgan fingerprint density at radius 2 is 1.97 bits per heavy atom. The normalized spacial score (nSPS) is 22.8. The molecule has 2 unspecified atom stereocenters. The van der Waals surface area contributed by atoms with Crippen LogP contribution in [0.3, 0.4) is 0 Å². The second-order valence-corrected chi connectivity index (χ2v) is 8.86. The van der Waals surface area contributed by atoms with Crippen LogP contribution in [0.1, 0.15) is 43.2 Å². The molecule has 2 aliphatic heterocycles. The van der Waals surface area contributed by atoms with Crippen LogP contribution in [0.5, 0.6) is 5.75 Å². The molecule has 0 radical (unpaired) electrons. The fourth-order valence-corrected chi connectivity index (χ4v) is 4.77. The lowest BCUT2D eigenvalue weighted by molar-refractivity contribution is -0.138. The van der Waals surface area contributed by atoms with E-state index in [9.17, 15) is 14.4 Å². The van der Waals surface area contributed by atoms with E-state index in [0.717, 1.165) is 18.4 Å². The van der Waals surface area contributed by atoms with E-state index in [0.29, 0.717) is 29.8 Å². The molecule has 31 heavy (non-hydrogen) atoms. The topological polar surface area (TPSA) is 97.0 Å². The van der Waals surface area contributed by atoms with Crippen molar-refractivity contribution >= 4 is 29.4 Å². The zero-order chi connectivity index (χ0) is 22.8. The van der Waals surface area contributed by atoms with Crippen molar-refractivity contribution in [2.24, 2.45) is 5.92 Å². The van der Waals surface area contributed by atoms with Gasteiger partial charge in [-0.3, -0.25) is 14.9 Å². The molecule has 0 aromatic heterocycles. The summed E-state index contributed by atoms with van der Waals surface area (Å²) in [6.07, 6.45) is 1.86. The summed E-state index contributed by atoms with van der Waals surface area (Å²) in [5.41, 5.74) is 0.933. The summed E-state index contributed by atoms with van der Waals surface area (Å²) < 4.78 is 10.5. The van der Waals surface area contributed by atoms with E-state index >= 15 is 0 Å². The van der Waals surface area contributed by atoms with Crippen LogP contribution in [0.15, 0.2) is 12.1 Å². The zero-order valence-corrected chi connectivity index (χ0v) is 19.2. The number of aryl methyl sites for hydroxylation is 1. The van der Waals surface area contributed by atoms with E-state index in [-0.39, 0.29) is 18.9 Å². The first-order chi connectivity index (χ1) is 14.7. The molecule has 2 saturated heterocycles. The number of imide groups is 1. The molecule has 2 N–H and O–H groups in total. The minimum Gasteiger partial charge on any atom is -0.495 e. The third kappa shape index (κ3) is 4.80. The number of ether oxygens (including phenoxy) is 2. The smallest absolute Gasteiger partial charge is 0.322 e. The van der Waals surface area contributed by atoms with Gasteiger partial charge in [-0.15, -0.1) is 0 Å². The molecule has 9 heteroatoms. The summed E-state index contributed by atoms with van der Waals surface area (Å²) in [6.45, 7) is 5.03. The summed E-state index contributed by atoms with van der Waals surface area (Å²) in [5.74, 6) is 0.0827. The number of hydrogen-bond acceptors (Lipinski definition) is 5. The average Bonchev–Trinajstić information content (AvgIpc) is 3.02. The molecule has 0 spiro atoms. The lowest BCUT2D eigenvalue weighted by Gasteiger charge is -2.35. The van der Waals surface area contributed by atoms with Gasteiger partial charge in [-0.1, -0.05) is 24.6 Å². The summed E-state index contributed by atoms with van der Waals surface area (Å²) in [6, 6.07) is 3.51. The van der Waals surface area contributed by atoms with Gasteiger partial charge in [-0.05, 0) is 49.3 Å². The van der Waals surface area contributed by atoms with E-state index < -0.39 is 23.4 Å². The van der Waals surface area contributed by atoms with Crippen LogP contribution in [-0.4, -0.2) is 62.2 Å². The lowest BCUT2D eigenvalue weighted by Crippen LogP contribution is -2.53. The van der Waals surface area contributed by atoms with Crippen LogP contribution in [0, 0.1) is 12.8 Å². The third-order valence-electron chi connectivity index (χ3n) is 6.22. The van der Waals surface area contributed by atoms with Gasteiger partial charge in [0, 0.05) is 26.1 Å². The SMILES string of the molecule is COCC1(CC(C)C(=O)N2CCC(c3cc(C)c(Cl)c(OC)c3)CC2)NC(=O)NC1=O. The van der Waals surface area contributed by atoms with Gasteiger partial charge in [0.2, 0.25) is 5.91 Å². The first-order valence-electron chi connectivity index (χ1n) is 10.5. The zero-order valence-electron chi connectivity index (χ0n) is 18.4. The van der Waals surface area contributed by atoms with Crippen LogP contribution in [0.25, 0.3) is 0 Å². The summed E-state index contributed by atoms with van der Waals surface area (Å²) in [4.78, 5) is 38.9. The molecular formula is C22H30ClN3O5. The van der Waals surface area contributed by atoms with Crippen molar-refractivity contribution in [2.45, 2.75) is 44.6 Å². The van der Waals surface area contributed by atoms with Crippen molar-refractivity contribution in [2.75, 3.05) is 33.9 Å². The molecule has 2 fully saturated rings. The number of nitrogens with zero attached hydrogens (tertiary/aromatic N) is 1. The van der Waals surface area contributed by atoms with E-state index in [1.807, 2.05) is 17.9 Å². The van der Waals surface area contributed by atoms with Crippen LogP contribution in [-0.2, 0) is 14.3 Å². The van der Waals surface area contributed by atoms with Gasteiger partial charge in [0.1, 0.15) is 11.3 Å². The number of hydrogen-bond donors (Lipinski definition) is 2. The maximum atomic E-state index is 13.1. The number of rotatable bonds is 7. The number of carbonyl (C=O) groups is 3. The van der Waals surface area contributed by atoms with Crippen molar-refractivity contribution in [1.82, 2.24) is 15.5 Å². The highest BCUT2D eigenvalue weighted by Crippen LogP contribution is 2.36. The molecule has 170 valence electrons. The minimum atomic E-state index is -1.21. The second kappa shape index (κ2) is 9.44. The quantitative estimate of drug-likeness (QED) is 0.621. The van der Waals surface area contributed by atoms with Crippen molar-refractivity contribution in [3.63, 3.8) is 0 Å². The van der Waals surface area contributed by atoms with Crippen LogP contribution >= 0.6 is 11.6 Å². The van der Waals surface area contributed by atoms with Crippen molar-refractivity contribution in [3.8, 4) is 5.75 Å². The molecule has 0 saturated carbocycles. The van der Waals surface area contributed by atoms with Crippen molar-refractivity contribution < 1.29 is 23.9 Å². The van der Waals surface area contributed by atoms with E-state index in [1.165, 1.54) is 12.7 Å². The Balaban J connectivity index is 1.63. The summed E-state index contributed by atoms with van der Waals surface area (Å²) in [7, 11) is 3.07. The minimum absolute atomic E-state index is 0.0159. The van der Waals surface area contributed by atoms with E-state index in [2.05, 4.69) is 16.7 Å². The van der Waals surface area contributed by atoms with Gasteiger partial charge in [0.05, 0.1) is 18.7 Å². The molecule has 3 rings (SSSR count). The van der Waals surface area contributed by atoms with Gasteiger partial charge >= 0.3 is 6.03 Å². The molecular weight excluding hydrogens is 422 g/mol. The Hall–Kier alpha value is -2.32. The van der Waals surface area contributed by atoms with Crippen LogP contribution < -0.4 is 15.4 Å². The highest BCUT2D eigenvalue weighted by atomic mass is 35.5. The molecule has 0 bridgehead atoms. The number of nitrogens with one attached hydrogen (secondary N) is 2. The number of methoxy groups -OCH3 is 2. The number of halogens is 1. The largest absolute Gasteiger partial charge is 0.495 e. The van der Waals surface area contributed by atoms with Gasteiger partial charge < -0.3 is 19.7 Å². The van der Waals surface area contributed by atoms with Crippen molar-refractivity contribution in [3.05, 3.63) is 28.3 Å². The predicted octanol–water partition coefficient (Wildman–Crippen LogP) is 2.61. The molecule has 8 nitrogen and oxygen atoms in total. The average molecular weight is 452 g/mol. The number of carbonyl (C=O) groups excluding carboxylic acids is 3. The maximum absolute atomic E-state index is 13.1. The fourth-order valence-electron chi connectivity index (χ4n) is 4.58. The standard InChI is InChI=1S/C22H30ClN3O5/c1-13-9-16(10-17(31-4)18(13)23)15-5-7-26(8-6-15)19(27)14(2)11-22(12-30-3)20(28)24-21(29)25-22/h9-10,14-15H,5-8,11-12H2,1-4H3,(H2,24,25,28,29). The third-order valence-corrected chi connectivity index (χ3v) is 6.71. The number of amides is 4. The number of likely N-dealkylation sites (tertiary alicyclic amines) is 1. The molecule has 4 amide bonds. The number of urea groups is 1. The van der Waals surface area contributed by atoms with Gasteiger partial charge in [0.25, 0.3) is 5.91 Å². The van der Waals surface area contributed by atoms with Gasteiger partial charge in [-0.2, -0.15) is 0 Å². The Kier molecular flexibility index (Phi) is 7.11. The Morgan fingerprint density at radius 1 is 1.29 bits per heavy atom. The second-order valence-electron chi connectivity index (χ2n) is 8.48. The van der Waals surface area contributed by atoms with E-state index in [4.69, 9.17) is 21.1 Å². The highest BCUT2D eigenvalue weighted by molar-refractivity contribution is 6.32. The Bertz CT molecular complexity index is 869. The summed E-state index contributed by atoms with van der Waals surface area (Å²) in [5, 5.41) is 5.51. The van der Waals surface area contributed by atoms with Crippen LogP contribution in [0.4, 0.5) is 4.79 Å². The van der Waals surface area contributed by atoms with Gasteiger partial charge in [0.15, 0.2) is 0 Å². The Morgan fingerprint density at radius 3 is 2.52 bits per heavy atom. The highest BCUT2D eigenvalue weighted by Gasteiger charge is 2.48. The molecule has 2 heterocycles. The van der Waals surface area contributed by atoms with Crippen LogP contribution in [0.2, 0.25) is 5.02 Å². The fraction of sp³-hybridized carbons (Fsp3) is 0.591. The lowest BCUT2D eigenvalue weighted by atomic mass is 9.86. The summed E-state index contributed by atoms with van der Waals surface area (Å²) >= 11 is 6.29. The first kappa shape index (κ1) is 23.3. The molecule has 2 atom stereocenters. The molecule has 2 aliphatic rings. The van der Waals surface area contributed by atoms with E-state index in [1.54, 1.807) is 14.0 Å². The maximum Gasteiger partial charge on any atom is 0.322 e. The predicted molar refractivity (Wildman–Crippen MR) is 116 cm³/mol.